The van der Waals surface area contributed by atoms with Crippen LogP contribution in [0.25, 0.3) is 0 Å². The van der Waals surface area contributed by atoms with E-state index in [0.717, 1.165) is 10.9 Å². The molecule has 1 aliphatic rings. The lowest BCUT2D eigenvalue weighted by molar-refractivity contribution is -0.386. The first-order valence-electron chi connectivity index (χ1n) is 5.61. The van der Waals surface area contributed by atoms with E-state index in [1.165, 1.54) is 0 Å². The van der Waals surface area contributed by atoms with Crippen molar-refractivity contribution in [1.82, 2.24) is 9.78 Å². The van der Waals surface area contributed by atoms with Crippen LogP contribution in [-0.2, 0) is 5.24 Å². The second-order valence-electron chi connectivity index (χ2n) is 4.91. The molecule has 1 fully saturated rings. The summed E-state index contributed by atoms with van der Waals surface area (Å²) in [4.78, 5) is 10.2. The minimum Gasteiger partial charge on any atom is -0.465 e. The lowest BCUT2D eigenvalue weighted by Crippen LogP contribution is -2.52. The molecule has 0 saturated heterocycles. The number of rotatable bonds is 4. The zero-order chi connectivity index (χ0) is 14.4. The molecular formula is C9H10B3N3O4. The zero-order valence-corrected chi connectivity index (χ0v) is 10.3. The highest BCUT2D eigenvalue weighted by molar-refractivity contribution is 6.56. The summed E-state index contributed by atoms with van der Waals surface area (Å²) in [5.41, 5.74) is -1.43. The zero-order valence-electron chi connectivity index (χ0n) is 10.3. The summed E-state index contributed by atoms with van der Waals surface area (Å²) in [5.74, 6) is -0.263. The van der Waals surface area contributed by atoms with Crippen LogP contribution in [0.1, 0.15) is 19.8 Å². The monoisotopic (exact) mass is 257 g/mol. The molecule has 6 radical (unpaired) electrons. The van der Waals surface area contributed by atoms with Crippen molar-refractivity contribution < 1.29 is 14.8 Å². The third-order valence-corrected chi connectivity index (χ3v) is 3.12. The van der Waals surface area contributed by atoms with E-state index >= 15 is 0 Å². The maximum Gasteiger partial charge on any atom is 0.350 e. The van der Waals surface area contributed by atoms with Crippen LogP contribution in [0, 0.1) is 10.1 Å². The van der Waals surface area contributed by atoms with Crippen LogP contribution < -0.4 is 4.74 Å². The fraction of sp³-hybridized carbons (Fsp3) is 0.667. The van der Waals surface area contributed by atoms with Crippen molar-refractivity contribution in [3.63, 3.8) is 0 Å². The molecule has 1 heterocycles. The van der Waals surface area contributed by atoms with Crippen LogP contribution in [0.4, 0.5) is 5.69 Å². The van der Waals surface area contributed by atoms with Gasteiger partial charge in [-0.1, -0.05) is 0 Å². The molecular weight excluding hydrogens is 247 g/mol. The smallest absolute Gasteiger partial charge is 0.350 e. The molecule has 2 rings (SSSR count). The van der Waals surface area contributed by atoms with Gasteiger partial charge in [-0.05, 0) is 25.0 Å². The van der Waals surface area contributed by atoms with Gasteiger partial charge < -0.3 is 9.84 Å². The molecule has 10 heteroatoms. The van der Waals surface area contributed by atoms with E-state index < -0.39 is 27.6 Å². The van der Waals surface area contributed by atoms with Crippen molar-refractivity contribution in [3.05, 3.63) is 16.3 Å². The van der Waals surface area contributed by atoms with Crippen molar-refractivity contribution in [2.45, 2.75) is 36.7 Å². The summed E-state index contributed by atoms with van der Waals surface area (Å²) in [6.07, 6.45) is 1.57. The van der Waals surface area contributed by atoms with E-state index in [0.29, 0.717) is 12.8 Å². The van der Waals surface area contributed by atoms with Crippen molar-refractivity contribution in [1.29, 1.82) is 0 Å². The van der Waals surface area contributed by atoms with Crippen LogP contribution in [0.5, 0.6) is 5.88 Å². The van der Waals surface area contributed by atoms with E-state index in [4.69, 9.17) is 28.3 Å². The molecule has 2 atom stereocenters. The maximum absolute atomic E-state index is 10.9. The Morgan fingerprint density at radius 2 is 2.32 bits per heavy atom. The molecule has 0 bridgehead atoms. The van der Waals surface area contributed by atoms with Crippen LogP contribution in [-0.4, -0.2) is 55.1 Å². The number of aliphatic hydroxyl groups is 1. The quantitative estimate of drug-likeness (QED) is 0.431. The summed E-state index contributed by atoms with van der Waals surface area (Å²) in [6, 6.07) is 0. The Morgan fingerprint density at radius 3 is 2.68 bits per heavy atom. The Hall–Kier alpha value is -1.44. The molecule has 7 nitrogen and oxygen atoms in total. The van der Waals surface area contributed by atoms with Gasteiger partial charge in [0, 0.05) is 0 Å². The van der Waals surface area contributed by atoms with E-state index in [-0.39, 0.29) is 5.88 Å². The molecule has 0 aromatic carbocycles. The SMILES string of the molecule is [B]C([B])([B])n1cc([N+](=O)[O-])c(O[C@@H]2CC[C@@]2(C)O)n1. The maximum atomic E-state index is 10.9. The number of hydrogen-bond acceptors (Lipinski definition) is 5. The van der Waals surface area contributed by atoms with Gasteiger partial charge in [-0.25, -0.2) is 0 Å². The molecule has 19 heavy (non-hydrogen) atoms. The highest BCUT2D eigenvalue weighted by Gasteiger charge is 2.44. The summed E-state index contributed by atoms with van der Waals surface area (Å²) in [5, 5.41) is 22.6. The normalized spacial score (nSPS) is 26.7. The summed E-state index contributed by atoms with van der Waals surface area (Å²) >= 11 is 0. The summed E-state index contributed by atoms with van der Waals surface area (Å²) < 4.78 is 6.18. The van der Waals surface area contributed by atoms with Crippen molar-refractivity contribution in [2.24, 2.45) is 0 Å². The molecule has 0 aliphatic heterocycles. The van der Waals surface area contributed by atoms with Crippen molar-refractivity contribution >= 4 is 29.2 Å². The van der Waals surface area contributed by atoms with E-state index in [9.17, 15) is 15.2 Å². The largest absolute Gasteiger partial charge is 0.465 e. The highest BCUT2D eigenvalue weighted by atomic mass is 16.6. The molecule has 94 valence electrons. The fourth-order valence-electron chi connectivity index (χ4n) is 1.76. The van der Waals surface area contributed by atoms with Gasteiger partial charge in [0.25, 0.3) is 0 Å². The Morgan fingerprint density at radius 1 is 1.68 bits per heavy atom. The average molecular weight is 257 g/mol. The summed E-state index contributed by atoms with van der Waals surface area (Å²) in [6.45, 7) is 1.59. The van der Waals surface area contributed by atoms with Gasteiger partial charge in [0.05, 0.1) is 34.1 Å². The fourth-order valence-corrected chi connectivity index (χ4v) is 1.76. The van der Waals surface area contributed by atoms with E-state index in [1.807, 2.05) is 0 Å². The Balaban J connectivity index is 2.29. The van der Waals surface area contributed by atoms with Gasteiger partial charge in [0.2, 0.25) is 0 Å². The van der Waals surface area contributed by atoms with Gasteiger partial charge in [-0.15, -0.1) is 5.10 Å². The Bertz CT molecular complexity index is 511. The average Bonchev–Trinajstić information content (AvgIpc) is 2.68. The third kappa shape index (κ3) is 2.63. The number of hydrogen-bond donors (Lipinski definition) is 1. The minimum absolute atomic E-state index is 0.263. The molecule has 0 unspecified atom stereocenters. The Kier molecular flexibility index (Phi) is 3.16. The number of ether oxygens (including phenoxy) is 1. The lowest BCUT2D eigenvalue weighted by atomic mass is 9.49. The first kappa shape index (κ1) is 14.0. The molecule has 0 amide bonds. The van der Waals surface area contributed by atoms with Crippen molar-refractivity contribution in [2.75, 3.05) is 0 Å². The molecule has 1 aliphatic carbocycles. The molecule has 1 aromatic heterocycles. The van der Waals surface area contributed by atoms with E-state index in [1.54, 1.807) is 6.92 Å². The third-order valence-electron chi connectivity index (χ3n) is 3.12. The Labute approximate surface area is 113 Å². The summed E-state index contributed by atoms with van der Waals surface area (Å²) in [7, 11) is 16.2. The second-order valence-corrected chi connectivity index (χ2v) is 4.91. The molecule has 1 saturated carbocycles. The predicted molar refractivity (Wildman–Crippen MR) is 68.4 cm³/mol. The second kappa shape index (κ2) is 4.30. The number of aromatic nitrogens is 2. The predicted octanol–water partition coefficient (Wildman–Crippen LogP) is -0.843. The van der Waals surface area contributed by atoms with Gasteiger partial charge in [-0.2, -0.15) is 0 Å². The lowest BCUT2D eigenvalue weighted by Gasteiger charge is -2.41. The highest BCUT2D eigenvalue weighted by Crippen LogP contribution is 2.37. The van der Waals surface area contributed by atoms with Gasteiger partial charge in [0.15, 0.2) is 0 Å². The van der Waals surface area contributed by atoms with Crippen molar-refractivity contribution in [3.8, 4) is 5.88 Å². The van der Waals surface area contributed by atoms with Gasteiger partial charge >= 0.3 is 11.6 Å². The first-order chi connectivity index (χ1) is 8.61. The first-order valence-corrected chi connectivity index (χ1v) is 5.61. The molecule has 0 spiro atoms. The van der Waals surface area contributed by atoms with Crippen LogP contribution >= 0.6 is 0 Å². The van der Waals surface area contributed by atoms with Crippen LogP contribution in [0.15, 0.2) is 6.20 Å². The molecule has 1 N–H and O–H groups in total. The molecule has 1 aromatic rings. The number of nitrogens with zero attached hydrogens (tertiary/aromatic N) is 3. The number of nitro groups is 1. The topological polar surface area (TPSA) is 90.4 Å². The van der Waals surface area contributed by atoms with Gasteiger partial charge in [0.1, 0.15) is 12.3 Å². The van der Waals surface area contributed by atoms with Gasteiger partial charge in [-0.3, -0.25) is 14.8 Å². The van der Waals surface area contributed by atoms with Crippen LogP contribution in [0.2, 0.25) is 0 Å². The minimum atomic E-state index is -1.87. The standard InChI is InChI=1S/C9H10B3N3O4/c1-8(16)3-2-6(8)19-7-5(15(17)18)4-14(13-7)9(10,11)12/h4,6,16H,2-3H2,1H3/t6-,8-/m1/s1. The van der Waals surface area contributed by atoms with Crippen LogP contribution in [0.3, 0.4) is 0 Å². The van der Waals surface area contributed by atoms with E-state index in [2.05, 4.69) is 5.10 Å².